The first kappa shape index (κ1) is 17.9. The van der Waals surface area contributed by atoms with Gasteiger partial charge in [-0.2, -0.15) is 10.4 Å². The van der Waals surface area contributed by atoms with Crippen molar-refractivity contribution in [2.24, 2.45) is 5.73 Å². The molecule has 0 aliphatic carbocycles. The van der Waals surface area contributed by atoms with Crippen LogP contribution in [0.15, 0.2) is 66.1 Å². The van der Waals surface area contributed by atoms with Gasteiger partial charge in [-0.05, 0) is 36.1 Å². The summed E-state index contributed by atoms with van der Waals surface area (Å²) in [6.07, 6.45) is 0. The molecule has 0 radical (unpaired) electrons. The van der Waals surface area contributed by atoms with Gasteiger partial charge < -0.3 is 10.5 Å². The Morgan fingerprint density at radius 2 is 1.79 bits per heavy atom. The van der Waals surface area contributed by atoms with E-state index in [1.165, 1.54) is 5.56 Å². The second kappa shape index (κ2) is 6.90. The molecule has 0 saturated heterocycles. The second-order valence-electron chi connectivity index (χ2n) is 7.30. The molecule has 4 rings (SSSR count). The lowest BCUT2D eigenvalue weighted by molar-refractivity contribution is 0.367. The summed E-state index contributed by atoms with van der Waals surface area (Å²) in [4.78, 5) is 0. The van der Waals surface area contributed by atoms with Crippen LogP contribution in [-0.2, 0) is 0 Å². The highest BCUT2D eigenvalue weighted by molar-refractivity contribution is 5.57. The molecular formula is C23H22N4O. The Balaban J connectivity index is 1.90. The van der Waals surface area contributed by atoms with Gasteiger partial charge in [0.25, 0.3) is 0 Å². The summed E-state index contributed by atoms with van der Waals surface area (Å²) in [5, 5.41) is 14.5. The molecule has 1 aliphatic heterocycles. The highest BCUT2D eigenvalue weighted by atomic mass is 16.5. The molecule has 2 aromatic carbocycles. The highest BCUT2D eigenvalue weighted by Crippen LogP contribution is 2.44. The maximum Gasteiger partial charge on any atom is 0.229 e. The normalized spacial score (nSPS) is 15.9. The summed E-state index contributed by atoms with van der Waals surface area (Å²) in [6, 6.07) is 20.4. The van der Waals surface area contributed by atoms with Crippen LogP contribution in [0, 0.1) is 18.3 Å². The third-order valence-corrected chi connectivity index (χ3v) is 5.17. The predicted molar refractivity (Wildman–Crippen MR) is 108 cm³/mol. The number of nitrogens with two attached hydrogens (primary N) is 1. The van der Waals surface area contributed by atoms with Crippen molar-refractivity contribution < 1.29 is 4.74 Å². The third-order valence-electron chi connectivity index (χ3n) is 5.17. The van der Waals surface area contributed by atoms with Gasteiger partial charge in [-0.3, -0.25) is 0 Å². The number of para-hydroxylation sites is 1. The van der Waals surface area contributed by atoms with E-state index in [4.69, 9.17) is 10.5 Å². The van der Waals surface area contributed by atoms with Gasteiger partial charge in [-0.15, -0.1) is 0 Å². The topological polar surface area (TPSA) is 76.9 Å². The molecule has 0 fully saturated rings. The lowest BCUT2D eigenvalue weighted by Gasteiger charge is -2.25. The van der Waals surface area contributed by atoms with Crippen LogP contribution in [0.3, 0.4) is 0 Å². The number of allylic oxidation sites excluding steroid dienone is 1. The average molecular weight is 370 g/mol. The summed E-state index contributed by atoms with van der Waals surface area (Å²) >= 11 is 0. The van der Waals surface area contributed by atoms with Crippen molar-refractivity contribution in [2.75, 3.05) is 0 Å². The summed E-state index contributed by atoms with van der Waals surface area (Å²) in [7, 11) is 0. The number of fused-ring (bicyclic) bond motifs is 1. The van der Waals surface area contributed by atoms with E-state index in [-0.39, 0.29) is 11.8 Å². The van der Waals surface area contributed by atoms with E-state index in [0.717, 1.165) is 22.5 Å². The van der Waals surface area contributed by atoms with Crippen molar-refractivity contribution in [3.05, 3.63) is 88.4 Å². The zero-order chi connectivity index (χ0) is 19.8. The van der Waals surface area contributed by atoms with E-state index in [0.29, 0.717) is 17.4 Å². The number of hydrogen-bond donors (Lipinski definition) is 1. The molecule has 1 aromatic heterocycles. The molecule has 5 nitrogen and oxygen atoms in total. The zero-order valence-electron chi connectivity index (χ0n) is 16.2. The Labute approximate surface area is 164 Å². The Morgan fingerprint density at radius 1 is 1.11 bits per heavy atom. The predicted octanol–water partition coefficient (Wildman–Crippen LogP) is 4.52. The van der Waals surface area contributed by atoms with E-state index >= 15 is 0 Å². The standard InChI is InChI=1S/C23H22N4O/c1-14(2)16-9-11-17(12-10-16)21-19(13-24)22(25)28-23-20(21)15(3)26-27(23)18-7-5-4-6-8-18/h4-12,14,21H,25H2,1-3H3/t21-/m0/s1. The van der Waals surface area contributed by atoms with Gasteiger partial charge in [-0.25, -0.2) is 4.68 Å². The molecule has 1 aliphatic rings. The first-order valence-corrected chi connectivity index (χ1v) is 9.33. The summed E-state index contributed by atoms with van der Waals surface area (Å²) < 4.78 is 7.64. The maximum absolute atomic E-state index is 9.78. The quantitative estimate of drug-likeness (QED) is 0.735. The van der Waals surface area contributed by atoms with Crippen LogP contribution in [-0.4, -0.2) is 9.78 Å². The third kappa shape index (κ3) is 2.84. The van der Waals surface area contributed by atoms with E-state index in [1.807, 2.05) is 37.3 Å². The molecule has 5 heteroatoms. The molecule has 2 N–H and O–H groups in total. The molecule has 0 spiro atoms. The van der Waals surface area contributed by atoms with E-state index in [1.54, 1.807) is 4.68 Å². The smallest absolute Gasteiger partial charge is 0.229 e. The van der Waals surface area contributed by atoms with Crippen LogP contribution in [0.2, 0.25) is 0 Å². The van der Waals surface area contributed by atoms with E-state index in [9.17, 15) is 5.26 Å². The Kier molecular flexibility index (Phi) is 4.40. The molecule has 0 unspecified atom stereocenters. The largest absolute Gasteiger partial charge is 0.422 e. The minimum absolute atomic E-state index is 0.130. The summed E-state index contributed by atoms with van der Waals surface area (Å²) in [6.45, 7) is 6.26. The number of aromatic nitrogens is 2. The lowest BCUT2D eigenvalue weighted by atomic mass is 9.83. The van der Waals surface area contributed by atoms with Gasteiger partial charge in [0, 0.05) is 0 Å². The van der Waals surface area contributed by atoms with Crippen molar-refractivity contribution in [3.8, 4) is 17.6 Å². The van der Waals surface area contributed by atoms with Crippen molar-refractivity contribution in [2.45, 2.75) is 32.6 Å². The molecule has 28 heavy (non-hydrogen) atoms. The van der Waals surface area contributed by atoms with Gasteiger partial charge in [0.05, 0.1) is 22.9 Å². The molecule has 140 valence electrons. The van der Waals surface area contributed by atoms with Crippen LogP contribution in [0.1, 0.15) is 48.1 Å². The number of nitriles is 1. The van der Waals surface area contributed by atoms with Gasteiger partial charge in [0.15, 0.2) is 0 Å². The number of nitrogens with zero attached hydrogens (tertiary/aromatic N) is 3. The number of ether oxygens (including phenoxy) is 1. The van der Waals surface area contributed by atoms with Crippen LogP contribution >= 0.6 is 0 Å². The summed E-state index contributed by atoms with van der Waals surface area (Å²) in [5.41, 5.74) is 11.4. The van der Waals surface area contributed by atoms with Crippen molar-refractivity contribution >= 4 is 0 Å². The average Bonchev–Trinajstić information content (AvgIpc) is 3.03. The van der Waals surface area contributed by atoms with Gasteiger partial charge in [0.2, 0.25) is 11.8 Å². The maximum atomic E-state index is 9.78. The molecule has 0 bridgehead atoms. The van der Waals surface area contributed by atoms with Crippen molar-refractivity contribution in [1.29, 1.82) is 5.26 Å². The van der Waals surface area contributed by atoms with Gasteiger partial charge in [-0.1, -0.05) is 56.3 Å². The molecule has 0 amide bonds. The first-order valence-electron chi connectivity index (χ1n) is 9.33. The fourth-order valence-corrected chi connectivity index (χ4v) is 3.66. The van der Waals surface area contributed by atoms with Crippen molar-refractivity contribution in [1.82, 2.24) is 9.78 Å². The Morgan fingerprint density at radius 3 is 2.39 bits per heavy atom. The monoisotopic (exact) mass is 370 g/mol. The number of benzene rings is 2. The fourth-order valence-electron chi connectivity index (χ4n) is 3.66. The molecule has 0 saturated carbocycles. The minimum atomic E-state index is -0.299. The van der Waals surface area contributed by atoms with Crippen LogP contribution in [0.25, 0.3) is 5.69 Å². The SMILES string of the molecule is Cc1nn(-c2ccccc2)c2c1[C@@H](c1ccc(C(C)C)cc1)C(C#N)=C(N)O2. The first-order chi connectivity index (χ1) is 13.5. The zero-order valence-corrected chi connectivity index (χ0v) is 16.2. The number of aryl methyl sites for hydroxylation is 1. The number of hydrogen-bond acceptors (Lipinski definition) is 4. The van der Waals surface area contributed by atoms with Crippen LogP contribution in [0.5, 0.6) is 5.88 Å². The van der Waals surface area contributed by atoms with Crippen LogP contribution < -0.4 is 10.5 Å². The van der Waals surface area contributed by atoms with Crippen LogP contribution in [0.4, 0.5) is 0 Å². The Hall–Kier alpha value is -3.52. The fraction of sp³-hybridized carbons (Fsp3) is 0.217. The molecular weight excluding hydrogens is 348 g/mol. The van der Waals surface area contributed by atoms with Gasteiger partial charge >= 0.3 is 0 Å². The van der Waals surface area contributed by atoms with Gasteiger partial charge in [0.1, 0.15) is 11.6 Å². The van der Waals surface area contributed by atoms with E-state index in [2.05, 4.69) is 49.3 Å². The number of rotatable bonds is 3. The van der Waals surface area contributed by atoms with E-state index < -0.39 is 0 Å². The molecule has 1 atom stereocenters. The Bertz CT molecular complexity index is 1090. The van der Waals surface area contributed by atoms with Crippen molar-refractivity contribution in [3.63, 3.8) is 0 Å². The lowest BCUT2D eigenvalue weighted by Crippen LogP contribution is -2.22. The highest BCUT2D eigenvalue weighted by Gasteiger charge is 2.36. The second-order valence-corrected chi connectivity index (χ2v) is 7.30. The molecule has 3 aromatic rings. The summed E-state index contributed by atoms with van der Waals surface area (Å²) in [5.74, 6) is 0.841. The molecule has 2 heterocycles. The minimum Gasteiger partial charge on any atom is -0.422 e.